The van der Waals surface area contributed by atoms with Crippen LogP contribution in [0.2, 0.25) is 0 Å². The lowest BCUT2D eigenvalue weighted by atomic mass is 9.91. The molecule has 1 aliphatic carbocycles. The fourth-order valence-electron chi connectivity index (χ4n) is 2.12. The SMILES string of the molecule is COCCSCC(NC1CC1)(C(=O)O)c1ccccc1. The predicted octanol–water partition coefficient (Wildman–Crippen LogP) is 2.10. The van der Waals surface area contributed by atoms with Crippen molar-refractivity contribution >= 4 is 17.7 Å². The second-order valence-electron chi connectivity index (χ2n) is 5.04. The molecule has 2 rings (SSSR count). The largest absolute Gasteiger partial charge is 0.480 e. The van der Waals surface area contributed by atoms with Crippen LogP contribution in [0.3, 0.4) is 0 Å². The molecule has 1 aromatic rings. The third-order valence-electron chi connectivity index (χ3n) is 3.41. The van der Waals surface area contributed by atoms with Crippen LogP contribution in [0.25, 0.3) is 0 Å². The Balaban J connectivity index is 2.17. The summed E-state index contributed by atoms with van der Waals surface area (Å²) in [5, 5.41) is 13.1. The molecule has 1 atom stereocenters. The lowest BCUT2D eigenvalue weighted by Crippen LogP contribution is -2.52. The van der Waals surface area contributed by atoms with E-state index in [4.69, 9.17) is 4.74 Å². The van der Waals surface area contributed by atoms with E-state index >= 15 is 0 Å². The Morgan fingerprint density at radius 1 is 1.45 bits per heavy atom. The van der Waals surface area contributed by atoms with E-state index < -0.39 is 11.5 Å². The highest BCUT2D eigenvalue weighted by Crippen LogP contribution is 2.32. The molecule has 0 heterocycles. The van der Waals surface area contributed by atoms with Crippen molar-refractivity contribution in [2.45, 2.75) is 24.4 Å². The predicted molar refractivity (Wildman–Crippen MR) is 81.1 cm³/mol. The van der Waals surface area contributed by atoms with Crippen molar-refractivity contribution in [1.29, 1.82) is 0 Å². The van der Waals surface area contributed by atoms with E-state index in [0.29, 0.717) is 18.4 Å². The van der Waals surface area contributed by atoms with Crippen molar-refractivity contribution in [1.82, 2.24) is 5.32 Å². The summed E-state index contributed by atoms with van der Waals surface area (Å²) in [5.41, 5.74) is -0.176. The molecule has 0 aliphatic heterocycles. The molecule has 1 aliphatic rings. The smallest absolute Gasteiger partial charge is 0.329 e. The second-order valence-corrected chi connectivity index (χ2v) is 6.15. The van der Waals surface area contributed by atoms with E-state index in [0.717, 1.165) is 24.2 Å². The van der Waals surface area contributed by atoms with Gasteiger partial charge in [0.2, 0.25) is 0 Å². The van der Waals surface area contributed by atoms with Gasteiger partial charge in [0, 0.05) is 24.7 Å². The van der Waals surface area contributed by atoms with Crippen LogP contribution >= 0.6 is 11.8 Å². The van der Waals surface area contributed by atoms with Crippen LogP contribution in [0.1, 0.15) is 18.4 Å². The van der Waals surface area contributed by atoms with Gasteiger partial charge in [-0.3, -0.25) is 5.32 Å². The molecule has 0 aromatic heterocycles. The summed E-state index contributed by atoms with van der Waals surface area (Å²) in [6.07, 6.45) is 2.12. The van der Waals surface area contributed by atoms with Gasteiger partial charge in [0.1, 0.15) is 0 Å². The van der Waals surface area contributed by atoms with Crippen LogP contribution in [-0.4, -0.2) is 42.3 Å². The van der Waals surface area contributed by atoms with E-state index in [1.54, 1.807) is 18.9 Å². The number of benzene rings is 1. The first-order valence-electron chi connectivity index (χ1n) is 6.82. The number of rotatable bonds is 9. The van der Waals surface area contributed by atoms with Crippen molar-refractivity contribution in [2.75, 3.05) is 25.2 Å². The number of aliphatic carboxylic acids is 1. The lowest BCUT2D eigenvalue weighted by molar-refractivity contribution is -0.144. The number of carbonyl (C=O) groups is 1. The van der Waals surface area contributed by atoms with Crippen LogP contribution in [0.4, 0.5) is 0 Å². The minimum absolute atomic E-state index is 0.328. The molecule has 0 saturated heterocycles. The Morgan fingerprint density at radius 2 is 2.15 bits per heavy atom. The number of thioether (sulfide) groups is 1. The van der Waals surface area contributed by atoms with Crippen molar-refractivity contribution in [3.63, 3.8) is 0 Å². The van der Waals surface area contributed by atoms with E-state index in [2.05, 4.69) is 5.32 Å². The molecule has 1 unspecified atom stereocenters. The molecule has 5 heteroatoms. The van der Waals surface area contributed by atoms with Crippen LogP contribution in [0.5, 0.6) is 0 Å². The maximum atomic E-state index is 11.9. The first kappa shape index (κ1) is 15.4. The van der Waals surface area contributed by atoms with Gasteiger partial charge in [-0.2, -0.15) is 11.8 Å². The molecule has 0 amide bonds. The summed E-state index contributed by atoms with van der Waals surface area (Å²) in [6, 6.07) is 9.80. The second kappa shape index (κ2) is 7.11. The Labute approximate surface area is 123 Å². The summed E-state index contributed by atoms with van der Waals surface area (Å²) < 4.78 is 5.03. The molecule has 110 valence electrons. The molecule has 1 saturated carbocycles. The minimum Gasteiger partial charge on any atom is -0.480 e. The first-order valence-corrected chi connectivity index (χ1v) is 7.98. The van der Waals surface area contributed by atoms with E-state index in [9.17, 15) is 9.90 Å². The maximum absolute atomic E-state index is 11.9. The Hall–Kier alpha value is -1.04. The first-order chi connectivity index (χ1) is 9.69. The maximum Gasteiger partial charge on any atom is 0.329 e. The van der Waals surface area contributed by atoms with Gasteiger partial charge < -0.3 is 9.84 Å². The number of hydrogen-bond acceptors (Lipinski definition) is 4. The van der Waals surface area contributed by atoms with Gasteiger partial charge in [0.25, 0.3) is 0 Å². The Bertz CT molecular complexity index is 436. The number of nitrogens with one attached hydrogen (secondary N) is 1. The zero-order valence-corrected chi connectivity index (χ0v) is 12.5. The van der Waals surface area contributed by atoms with Gasteiger partial charge in [-0.25, -0.2) is 4.79 Å². The molecule has 0 spiro atoms. The topological polar surface area (TPSA) is 58.6 Å². The third kappa shape index (κ3) is 3.75. The lowest BCUT2D eigenvalue weighted by Gasteiger charge is -2.31. The minimum atomic E-state index is -0.999. The number of ether oxygens (including phenoxy) is 1. The van der Waals surface area contributed by atoms with Crippen molar-refractivity contribution in [3.05, 3.63) is 35.9 Å². The van der Waals surface area contributed by atoms with Crippen molar-refractivity contribution < 1.29 is 14.6 Å². The highest BCUT2D eigenvalue weighted by molar-refractivity contribution is 7.99. The number of carboxylic acid groups (broad SMARTS) is 1. The standard InChI is InChI=1S/C15H21NO3S/c1-19-9-10-20-11-15(14(17)18,16-13-7-8-13)12-5-3-2-4-6-12/h2-6,13,16H,7-11H2,1H3,(H,17,18). The summed E-state index contributed by atoms with van der Waals surface area (Å²) >= 11 is 1.61. The van der Waals surface area contributed by atoms with Gasteiger partial charge in [0.15, 0.2) is 5.54 Å². The number of carboxylic acids is 1. The molecular formula is C15H21NO3S. The zero-order valence-electron chi connectivity index (χ0n) is 11.7. The highest BCUT2D eigenvalue weighted by atomic mass is 32.2. The highest BCUT2D eigenvalue weighted by Gasteiger charge is 2.44. The molecule has 0 bridgehead atoms. The van der Waals surface area contributed by atoms with Gasteiger partial charge in [0.05, 0.1) is 6.61 Å². The zero-order chi connectivity index (χ0) is 14.4. The average Bonchev–Trinajstić information content (AvgIpc) is 3.27. The number of methoxy groups -OCH3 is 1. The van der Waals surface area contributed by atoms with Gasteiger partial charge in [-0.1, -0.05) is 30.3 Å². The van der Waals surface area contributed by atoms with Gasteiger partial charge in [-0.05, 0) is 18.4 Å². The molecule has 4 nitrogen and oxygen atoms in total. The van der Waals surface area contributed by atoms with E-state index in [1.165, 1.54) is 0 Å². The summed E-state index contributed by atoms with van der Waals surface area (Å²) in [6.45, 7) is 0.637. The summed E-state index contributed by atoms with van der Waals surface area (Å²) in [7, 11) is 1.66. The van der Waals surface area contributed by atoms with Crippen molar-refractivity contribution in [2.24, 2.45) is 0 Å². The third-order valence-corrected chi connectivity index (χ3v) is 4.50. The average molecular weight is 295 g/mol. The summed E-state index contributed by atoms with van der Waals surface area (Å²) in [5.74, 6) is 0.497. The molecule has 2 N–H and O–H groups in total. The number of hydrogen-bond donors (Lipinski definition) is 2. The van der Waals surface area contributed by atoms with Gasteiger partial charge in [-0.15, -0.1) is 0 Å². The molecule has 1 aromatic carbocycles. The quantitative estimate of drug-likeness (QED) is 0.683. The monoisotopic (exact) mass is 295 g/mol. The van der Waals surface area contributed by atoms with Crippen LogP contribution in [-0.2, 0) is 15.1 Å². The Morgan fingerprint density at radius 3 is 2.70 bits per heavy atom. The Kier molecular flexibility index (Phi) is 5.46. The van der Waals surface area contributed by atoms with Crippen molar-refractivity contribution in [3.8, 4) is 0 Å². The van der Waals surface area contributed by atoms with Gasteiger partial charge >= 0.3 is 5.97 Å². The normalized spacial score (nSPS) is 17.6. The molecule has 0 radical (unpaired) electrons. The van der Waals surface area contributed by atoms with Crippen LogP contribution in [0.15, 0.2) is 30.3 Å². The molecule has 1 fully saturated rings. The summed E-state index contributed by atoms with van der Waals surface area (Å²) in [4.78, 5) is 11.9. The molecular weight excluding hydrogens is 274 g/mol. The van der Waals surface area contributed by atoms with Crippen LogP contribution < -0.4 is 5.32 Å². The van der Waals surface area contributed by atoms with Crippen LogP contribution in [0, 0.1) is 0 Å². The fourth-order valence-corrected chi connectivity index (χ4v) is 3.23. The fraction of sp³-hybridized carbons (Fsp3) is 0.533. The molecule has 20 heavy (non-hydrogen) atoms. The van der Waals surface area contributed by atoms with E-state index in [-0.39, 0.29) is 0 Å². The van der Waals surface area contributed by atoms with E-state index in [1.807, 2.05) is 30.3 Å².